The number of carbonyl (C=O) groups is 1. The highest BCUT2D eigenvalue weighted by atomic mass is 16.5. The fraction of sp³-hybridized carbons (Fsp3) is 0.750. The fourth-order valence-corrected chi connectivity index (χ4v) is 2.82. The summed E-state index contributed by atoms with van der Waals surface area (Å²) in [5, 5.41) is 4.58. The zero-order valence-electron chi connectivity index (χ0n) is 13.8. The summed E-state index contributed by atoms with van der Waals surface area (Å²) in [6.07, 6.45) is 0.580. The van der Waals surface area contributed by atoms with Crippen LogP contribution in [0.25, 0.3) is 0 Å². The van der Waals surface area contributed by atoms with E-state index >= 15 is 0 Å². The second kappa shape index (κ2) is 6.60. The molecule has 0 aromatic carbocycles. The third kappa shape index (κ3) is 3.84. The lowest BCUT2D eigenvalue weighted by Crippen LogP contribution is -2.45. The molecule has 1 aromatic heterocycles. The number of carbonyl (C=O) groups excluding carboxylic acids is 1. The standard InChI is InChI=1S/C16H27N3O2/c1-11(2)9-19-14(5)15(13(4)17-19)8-16(20)18-6-7-21-12(3)10-18/h11-12H,6-10H2,1-5H3. The van der Waals surface area contributed by atoms with Gasteiger partial charge in [0.05, 0.1) is 24.8 Å². The van der Waals surface area contributed by atoms with Gasteiger partial charge in [-0.25, -0.2) is 0 Å². The molecule has 0 spiro atoms. The number of aromatic nitrogens is 2. The molecule has 5 nitrogen and oxygen atoms in total. The highest BCUT2D eigenvalue weighted by Crippen LogP contribution is 2.17. The smallest absolute Gasteiger partial charge is 0.227 e. The summed E-state index contributed by atoms with van der Waals surface area (Å²) in [4.78, 5) is 14.4. The normalized spacial score (nSPS) is 19.3. The van der Waals surface area contributed by atoms with E-state index in [0.717, 1.165) is 23.5 Å². The maximum atomic E-state index is 12.5. The van der Waals surface area contributed by atoms with Gasteiger partial charge in [0.1, 0.15) is 0 Å². The van der Waals surface area contributed by atoms with Gasteiger partial charge in [-0.3, -0.25) is 9.48 Å². The Morgan fingerprint density at radius 2 is 2.14 bits per heavy atom. The Morgan fingerprint density at radius 1 is 1.43 bits per heavy atom. The Morgan fingerprint density at radius 3 is 2.76 bits per heavy atom. The van der Waals surface area contributed by atoms with Gasteiger partial charge in [0.25, 0.3) is 0 Å². The molecule has 0 N–H and O–H groups in total. The van der Waals surface area contributed by atoms with Crippen molar-refractivity contribution in [3.8, 4) is 0 Å². The molecule has 1 fully saturated rings. The highest BCUT2D eigenvalue weighted by molar-refractivity contribution is 5.79. The summed E-state index contributed by atoms with van der Waals surface area (Å²) in [6, 6.07) is 0. The van der Waals surface area contributed by atoms with E-state index in [1.165, 1.54) is 0 Å². The van der Waals surface area contributed by atoms with Crippen LogP contribution in [-0.2, 0) is 22.5 Å². The number of aryl methyl sites for hydroxylation is 1. The van der Waals surface area contributed by atoms with Crippen LogP contribution in [0.2, 0.25) is 0 Å². The van der Waals surface area contributed by atoms with Crippen molar-refractivity contribution in [3.63, 3.8) is 0 Å². The summed E-state index contributed by atoms with van der Waals surface area (Å²) in [6.45, 7) is 13.3. The predicted molar refractivity (Wildman–Crippen MR) is 82.2 cm³/mol. The highest BCUT2D eigenvalue weighted by Gasteiger charge is 2.23. The van der Waals surface area contributed by atoms with Crippen molar-refractivity contribution in [2.75, 3.05) is 19.7 Å². The lowest BCUT2D eigenvalue weighted by atomic mass is 10.1. The molecular weight excluding hydrogens is 266 g/mol. The van der Waals surface area contributed by atoms with Gasteiger partial charge in [-0.15, -0.1) is 0 Å². The second-order valence-corrected chi connectivity index (χ2v) is 6.42. The van der Waals surface area contributed by atoms with E-state index in [9.17, 15) is 4.79 Å². The Balaban J connectivity index is 2.08. The van der Waals surface area contributed by atoms with Crippen LogP contribution < -0.4 is 0 Å². The lowest BCUT2D eigenvalue weighted by molar-refractivity contribution is -0.137. The second-order valence-electron chi connectivity index (χ2n) is 6.42. The molecule has 2 rings (SSSR count). The molecular formula is C16H27N3O2. The van der Waals surface area contributed by atoms with E-state index in [2.05, 4.69) is 25.9 Å². The van der Waals surface area contributed by atoms with Crippen LogP contribution in [0.5, 0.6) is 0 Å². The molecule has 1 unspecified atom stereocenters. The zero-order chi connectivity index (χ0) is 15.6. The van der Waals surface area contributed by atoms with Crippen molar-refractivity contribution in [2.45, 2.75) is 53.7 Å². The minimum Gasteiger partial charge on any atom is -0.375 e. The number of rotatable bonds is 4. The van der Waals surface area contributed by atoms with Crippen molar-refractivity contribution in [1.82, 2.24) is 14.7 Å². The molecule has 1 amide bonds. The van der Waals surface area contributed by atoms with Gasteiger partial charge < -0.3 is 9.64 Å². The van der Waals surface area contributed by atoms with Crippen molar-refractivity contribution >= 4 is 5.91 Å². The number of amides is 1. The maximum absolute atomic E-state index is 12.5. The monoisotopic (exact) mass is 293 g/mol. The Bertz CT molecular complexity index is 508. The van der Waals surface area contributed by atoms with E-state index < -0.39 is 0 Å². The number of morpholine rings is 1. The first kappa shape index (κ1) is 16.0. The van der Waals surface area contributed by atoms with Gasteiger partial charge in [-0.2, -0.15) is 5.10 Å². The van der Waals surface area contributed by atoms with E-state index in [1.807, 2.05) is 23.4 Å². The van der Waals surface area contributed by atoms with Crippen LogP contribution in [0.3, 0.4) is 0 Å². The minimum atomic E-state index is 0.133. The first-order valence-corrected chi connectivity index (χ1v) is 7.80. The van der Waals surface area contributed by atoms with E-state index in [0.29, 0.717) is 32.0 Å². The molecule has 0 saturated carbocycles. The van der Waals surface area contributed by atoms with Gasteiger partial charge >= 0.3 is 0 Å². The molecule has 0 radical (unpaired) electrons. The Kier molecular flexibility index (Phi) is 5.04. The summed E-state index contributed by atoms with van der Waals surface area (Å²) in [7, 11) is 0. The van der Waals surface area contributed by atoms with Crippen LogP contribution in [0, 0.1) is 19.8 Å². The topological polar surface area (TPSA) is 47.4 Å². The molecule has 1 saturated heterocycles. The van der Waals surface area contributed by atoms with Crippen LogP contribution in [0.4, 0.5) is 0 Å². The zero-order valence-corrected chi connectivity index (χ0v) is 13.8. The summed E-state index contributed by atoms with van der Waals surface area (Å²) < 4.78 is 7.53. The van der Waals surface area contributed by atoms with Crippen LogP contribution in [0.15, 0.2) is 0 Å². The quantitative estimate of drug-likeness (QED) is 0.852. The van der Waals surface area contributed by atoms with Crippen LogP contribution >= 0.6 is 0 Å². The minimum absolute atomic E-state index is 0.133. The Labute approximate surface area is 127 Å². The molecule has 1 aromatic rings. The largest absolute Gasteiger partial charge is 0.375 e. The molecule has 1 atom stereocenters. The number of nitrogens with zero attached hydrogens (tertiary/aromatic N) is 3. The van der Waals surface area contributed by atoms with Gasteiger partial charge in [0.15, 0.2) is 0 Å². The summed E-state index contributed by atoms with van der Waals surface area (Å²) in [5.41, 5.74) is 3.18. The average molecular weight is 293 g/mol. The summed E-state index contributed by atoms with van der Waals surface area (Å²) in [5.74, 6) is 0.729. The molecule has 1 aliphatic heterocycles. The van der Waals surface area contributed by atoms with E-state index in [-0.39, 0.29) is 12.0 Å². The maximum Gasteiger partial charge on any atom is 0.227 e. The van der Waals surface area contributed by atoms with Crippen molar-refractivity contribution in [2.24, 2.45) is 5.92 Å². The molecule has 118 valence electrons. The van der Waals surface area contributed by atoms with Crippen molar-refractivity contribution < 1.29 is 9.53 Å². The van der Waals surface area contributed by atoms with Crippen LogP contribution in [-0.4, -0.2) is 46.4 Å². The number of hydrogen-bond donors (Lipinski definition) is 0. The first-order valence-electron chi connectivity index (χ1n) is 7.80. The molecule has 21 heavy (non-hydrogen) atoms. The van der Waals surface area contributed by atoms with Crippen molar-refractivity contribution in [3.05, 3.63) is 17.0 Å². The molecule has 5 heteroatoms. The average Bonchev–Trinajstić information content (AvgIpc) is 2.65. The van der Waals surface area contributed by atoms with Gasteiger partial charge in [-0.05, 0) is 26.7 Å². The SMILES string of the molecule is Cc1nn(CC(C)C)c(C)c1CC(=O)N1CCOC(C)C1. The van der Waals surface area contributed by atoms with E-state index in [4.69, 9.17) is 4.74 Å². The van der Waals surface area contributed by atoms with E-state index in [1.54, 1.807) is 0 Å². The number of ether oxygens (including phenoxy) is 1. The van der Waals surface area contributed by atoms with Gasteiger partial charge in [-0.1, -0.05) is 13.8 Å². The predicted octanol–water partition coefficient (Wildman–Crippen LogP) is 1.95. The lowest BCUT2D eigenvalue weighted by Gasteiger charge is -2.31. The Hall–Kier alpha value is -1.36. The molecule has 1 aliphatic rings. The molecule has 0 bridgehead atoms. The fourth-order valence-electron chi connectivity index (χ4n) is 2.82. The summed E-state index contributed by atoms with van der Waals surface area (Å²) >= 11 is 0. The van der Waals surface area contributed by atoms with Gasteiger partial charge in [0.2, 0.25) is 5.91 Å². The number of hydrogen-bond acceptors (Lipinski definition) is 3. The van der Waals surface area contributed by atoms with Crippen LogP contribution in [0.1, 0.15) is 37.7 Å². The third-order valence-corrected chi connectivity index (χ3v) is 3.99. The van der Waals surface area contributed by atoms with Gasteiger partial charge in [0, 0.05) is 30.9 Å². The van der Waals surface area contributed by atoms with Crippen molar-refractivity contribution in [1.29, 1.82) is 0 Å². The molecule has 0 aliphatic carbocycles. The third-order valence-electron chi connectivity index (χ3n) is 3.99. The first-order chi connectivity index (χ1) is 9.88. The molecule has 2 heterocycles.